The second-order valence-corrected chi connectivity index (χ2v) is 2.00. The summed E-state index contributed by atoms with van der Waals surface area (Å²) in [5.41, 5.74) is 0. The van der Waals surface area contributed by atoms with Crippen molar-refractivity contribution in [2.45, 2.75) is 18.3 Å². The van der Waals surface area contributed by atoms with Crippen LogP contribution in [0.15, 0.2) is 0 Å². The van der Waals surface area contributed by atoms with E-state index in [1.807, 2.05) is 0 Å². The van der Waals surface area contributed by atoms with Crippen molar-refractivity contribution in [3.8, 4) is 0 Å². The molecule has 0 aromatic heterocycles. The molecule has 0 fully saturated rings. The largest absolute Gasteiger partial charge is 1.00 e. The van der Waals surface area contributed by atoms with E-state index in [9.17, 15) is 9.90 Å². The molecule has 6 nitrogen and oxygen atoms in total. The number of carbonyl (C=O) groups excluding carboxylic acids is 1. The maximum atomic E-state index is 9.85. The molecule has 12 heavy (non-hydrogen) atoms. The number of aliphatic hydroxyl groups excluding tert-OH is 4. The molecule has 3 atom stereocenters. The van der Waals surface area contributed by atoms with Crippen molar-refractivity contribution >= 4 is 5.97 Å². The molecule has 0 spiro atoms. The zero-order valence-corrected chi connectivity index (χ0v) is 8.54. The minimum absolute atomic E-state index is 0. The Balaban J connectivity index is 0. The Hall–Kier alpha value is 0.310. The van der Waals surface area contributed by atoms with Gasteiger partial charge in [-0.25, -0.2) is 0 Å². The van der Waals surface area contributed by atoms with E-state index in [2.05, 4.69) is 0 Å². The summed E-state index contributed by atoms with van der Waals surface area (Å²) in [4.78, 5) is 9.85. The third kappa shape index (κ3) is 4.36. The van der Waals surface area contributed by atoms with Gasteiger partial charge in [0.15, 0.2) is 0 Å². The van der Waals surface area contributed by atoms with Crippen LogP contribution in [0.2, 0.25) is 0 Å². The van der Waals surface area contributed by atoms with Gasteiger partial charge >= 0.3 is 29.6 Å². The molecule has 3 unspecified atom stereocenters. The van der Waals surface area contributed by atoms with Crippen molar-refractivity contribution in [3.05, 3.63) is 0 Å². The summed E-state index contributed by atoms with van der Waals surface area (Å²) in [6.45, 7) is -0.828. The van der Waals surface area contributed by atoms with Gasteiger partial charge in [-0.15, -0.1) is 0 Å². The zero-order chi connectivity index (χ0) is 9.02. The molecule has 0 aliphatic carbocycles. The van der Waals surface area contributed by atoms with Gasteiger partial charge in [0.1, 0.15) is 18.3 Å². The molecule has 0 saturated heterocycles. The summed E-state index contributed by atoms with van der Waals surface area (Å²) in [6, 6.07) is 0. The molecule has 0 heterocycles. The Morgan fingerprint density at radius 3 is 2.00 bits per heavy atom. The number of aliphatic carboxylic acids is 1. The molecule has 0 aliphatic heterocycles. The Labute approximate surface area is 90.7 Å². The molecule has 0 aliphatic rings. The fourth-order valence-electron chi connectivity index (χ4n) is 0.458. The fraction of sp³-hybridized carbons (Fsp3) is 0.800. The second kappa shape index (κ2) is 6.79. The molecular formula is C5H9NaO6. The van der Waals surface area contributed by atoms with E-state index in [-0.39, 0.29) is 29.6 Å². The van der Waals surface area contributed by atoms with Gasteiger partial charge in [0.25, 0.3) is 0 Å². The van der Waals surface area contributed by atoms with E-state index in [0.29, 0.717) is 0 Å². The van der Waals surface area contributed by atoms with Crippen molar-refractivity contribution in [2.24, 2.45) is 0 Å². The van der Waals surface area contributed by atoms with Crippen molar-refractivity contribution in [3.63, 3.8) is 0 Å². The van der Waals surface area contributed by atoms with Gasteiger partial charge in [-0.2, -0.15) is 0 Å². The zero-order valence-electron chi connectivity index (χ0n) is 6.54. The molecule has 0 aromatic carbocycles. The summed E-state index contributed by atoms with van der Waals surface area (Å²) < 4.78 is 0. The minimum Gasteiger partial charge on any atom is -0.547 e. The van der Waals surface area contributed by atoms with Crippen LogP contribution in [0.1, 0.15) is 0 Å². The maximum absolute atomic E-state index is 9.85. The van der Waals surface area contributed by atoms with Crippen molar-refractivity contribution in [2.75, 3.05) is 6.61 Å². The quantitative estimate of drug-likeness (QED) is 0.325. The number of hydrogen-bond donors (Lipinski definition) is 4. The first-order valence-corrected chi connectivity index (χ1v) is 2.86. The summed E-state index contributed by atoms with van der Waals surface area (Å²) in [7, 11) is 0. The minimum atomic E-state index is -2.18. The van der Waals surface area contributed by atoms with Crippen LogP contribution in [0.25, 0.3) is 0 Å². The SMILES string of the molecule is O=C([O-])C(O)C(O)C(O)CO.[Na+]. The first kappa shape index (κ1) is 14.8. The van der Waals surface area contributed by atoms with Crippen molar-refractivity contribution in [1.29, 1.82) is 0 Å². The first-order valence-electron chi connectivity index (χ1n) is 2.86. The van der Waals surface area contributed by atoms with Gasteiger partial charge in [0.05, 0.1) is 12.6 Å². The molecule has 0 saturated carbocycles. The van der Waals surface area contributed by atoms with Gasteiger partial charge < -0.3 is 30.3 Å². The van der Waals surface area contributed by atoms with Crippen LogP contribution in [0.3, 0.4) is 0 Å². The molecule has 0 amide bonds. The van der Waals surface area contributed by atoms with Gasteiger partial charge in [0, 0.05) is 0 Å². The maximum Gasteiger partial charge on any atom is 1.00 e. The van der Waals surface area contributed by atoms with Gasteiger partial charge in [-0.1, -0.05) is 0 Å². The third-order valence-electron chi connectivity index (χ3n) is 1.15. The van der Waals surface area contributed by atoms with E-state index in [0.717, 1.165) is 0 Å². The molecule has 0 radical (unpaired) electrons. The molecule has 0 aromatic rings. The van der Waals surface area contributed by atoms with Crippen molar-refractivity contribution in [1.82, 2.24) is 0 Å². The van der Waals surface area contributed by atoms with E-state index >= 15 is 0 Å². The van der Waals surface area contributed by atoms with E-state index in [1.165, 1.54) is 0 Å². The fourth-order valence-corrected chi connectivity index (χ4v) is 0.458. The standard InChI is InChI=1S/C5H10O6.Na/c6-1-2(7)3(8)4(9)5(10)11;/h2-4,6-9H,1H2,(H,10,11);/q;+1/p-1. The average Bonchev–Trinajstić information content (AvgIpc) is 2.00. The molecule has 7 heteroatoms. The molecule has 66 valence electrons. The normalized spacial score (nSPS) is 17.3. The number of carboxylic acid groups (broad SMARTS) is 1. The van der Waals surface area contributed by atoms with E-state index < -0.39 is 30.9 Å². The van der Waals surface area contributed by atoms with Crippen LogP contribution >= 0.6 is 0 Å². The van der Waals surface area contributed by atoms with Gasteiger partial charge in [0.2, 0.25) is 0 Å². The Bertz CT molecular complexity index is 140. The van der Waals surface area contributed by atoms with Crippen LogP contribution in [0.4, 0.5) is 0 Å². The van der Waals surface area contributed by atoms with Crippen molar-refractivity contribution < 1.29 is 59.9 Å². The second-order valence-electron chi connectivity index (χ2n) is 2.00. The monoisotopic (exact) mass is 188 g/mol. The van der Waals surface area contributed by atoms with Crippen LogP contribution in [0.5, 0.6) is 0 Å². The Morgan fingerprint density at radius 1 is 1.33 bits per heavy atom. The van der Waals surface area contributed by atoms with Crippen LogP contribution in [-0.2, 0) is 4.79 Å². The van der Waals surface area contributed by atoms with Gasteiger partial charge in [-0.05, 0) is 0 Å². The Kier molecular flexibility index (Phi) is 8.38. The summed E-state index contributed by atoms with van der Waals surface area (Å²) in [6.07, 6.45) is -5.79. The molecular weight excluding hydrogens is 179 g/mol. The molecule has 0 rings (SSSR count). The number of carbonyl (C=O) groups is 1. The topological polar surface area (TPSA) is 121 Å². The third-order valence-corrected chi connectivity index (χ3v) is 1.15. The smallest absolute Gasteiger partial charge is 0.547 e. The Morgan fingerprint density at radius 2 is 1.75 bits per heavy atom. The number of hydrogen-bond acceptors (Lipinski definition) is 6. The molecule has 0 bridgehead atoms. The number of aliphatic hydroxyl groups is 4. The number of carboxylic acids is 1. The summed E-state index contributed by atoms with van der Waals surface area (Å²) >= 11 is 0. The predicted molar refractivity (Wildman–Crippen MR) is 30.1 cm³/mol. The van der Waals surface area contributed by atoms with Crippen LogP contribution < -0.4 is 34.7 Å². The molecule has 4 N–H and O–H groups in total. The first-order chi connectivity index (χ1) is 5.00. The van der Waals surface area contributed by atoms with Crippen LogP contribution in [0, 0.1) is 0 Å². The van der Waals surface area contributed by atoms with Crippen LogP contribution in [-0.4, -0.2) is 51.3 Å². The van der Waals surface area contributed by atoms with E-state index in [1.54, 1.807) is 0 Å². The summed E-state index contributed by atoms with van der Waals surface area (Å²) in [5, 5.41) is 43.8. The predicted octanol–water partition coefficient (Wildman–Crippen LogP) is -7.18. The average molecular weight is 188 g/mol. The van der Waals surface area contributed by atoms with E-state index in [4.69, 9.17) is 20.4 Å². The number of rotatable bonds is 4. The summed E-state index contributed by atoms with van der Waals surface area (Å²) in [5.74, 6) is -1.90. The van der Waals surface area contributed by atoms with Gasteiger partial charge in [-0.3, -0.25) is 0 Å².